The van der Waals surface area contributed by atoms with Gasteiger partial charge in [0.2, 0.25) is 0 Å². The molecule has 0 radical (unpaired) electrons. The zero-order valence-corrected chi connectivity index (χ0v) is 8.37. The van der Waals surface area contributed by atoms with Gasteiger partial charge in [-0.25, -0.2) is 4.98 Å². The summed E-state index contributed by atoms with van der Waals surface area (Å²) in [6.07, 6.45) is 5.82. The Balaban J connectivity index is 1.85. The van der Waals surface area contributed by atoms with Crippen molar-refractivity contribution in [3.05, 3.63) is 35.6 Å². The first-order valence-electron chi connectivity index (χ1n) is 4.49. The summed E-state index contributed by atoms with van der Waals surface area (Å²) in [4.78, 5) is 3.93. The Morgan fingerprint density at radius 1 is 1.57 bits per heavy atom. The summed E-state index contributed by atoms with van der Waals surface area (Å²) < 4.78 is 5.51. The average Bonchev–Trinajstić information content (AvgIpc) is 2.70. The van der Waals surface area contributed by atoms with Gasteiger partial charge in [-0.05, 0) is 12.1 Å². The van der Waals surface area contributed by atoms with Crippen molar-refractivity contribution in [2.24, 2.45) is 0 Å². The second kappa shape index (κ2) is 4.44. The molecule has 0 amide bonds. The van der Waals surface area contributed by atoms with E-state index in [1.165, 1.54) is 0 Å². The van der Waals surface area contributed by atoms with Crippen molar-refractivity contribution < 1.29 is 4.74 Å². The van der Waals surface area contributed by atoms with E-state index in [4.69, 9.17) is 16.3 Å². The summed E-state index contributed by atoms with van der Waals surface area (Å²) in [6.45, 7) is 1.55. The van der Waals surface area contributed by atoms with Gasteiger partial charge >= 0.3 is 0 Å². The predicted octanol–water partition coefficient (Wildman–Crippen LogP) is 1.64. The lowest BCUT2D eigenvalue weighted by atomic mass is 10.3. The second-order valence-corrected chi connectivity index (χ2v) is 3.46. The molecule has 0 unspecified atom stereocenters. The van der Waals surface area contributed by atoms with Gasteiger partial charge in [-0.15, -0.1) is 0 Å². The number of hydrogen-bond donors (Lipinski definition) is 1. The van der Waals surface area contributed by atoms with Crippen molar-refractivity contribution in [2.75, 3.05) is 13.2 Å². The topological polar surface area (TPSA) is 34.1 Å². The fourth-order valence-electron chi connectivity index (χ4n) is 1.27. The van der Waals surface area contributed by atoms with Crippen LogP contribution < -0.4 is 10.1 Å². The first-order chi connectivity index (χ1) is 6.84. The number of nitrogens with zero attached hydrogens (tertiary/aromatic N) is 1. The number of ether oxygens (including phenoxy) is 1. The van der Waals surface area contributed by atoms with E-state index in [1.54, 1.807) is 12.3 Å². The molecule has 1 aliphatic rings. The summed E-state index contributed by atoms with van der Waals surface area (Å²) in [6, 6.07) is 3.84. The molecule has 0 saturated heterocycles. The molecule has 0 saturated carbocycles. The lowest BCUT2D eigenvalue weighted by Crippen LogP contribution is -2.28. The molecule has 1 N–H and O–H groups in total. The molecule has 1 aromatic heterocycles. The van der Waals surface area contributed by atoms with Crippen LogP contribution in [-0.2, 0) is 0 Å². The van der Waals surface area contributed by atoms with Gasteiger partial charge in [0.25, 0.3) is 0 Å². The highest BCUT2D eigenvalue weighted by Crippen LogP contribution is 2.12. The van der Waals surface area contributed by atoms with Gasteiger partial charge in [-0.2, -0.15) is 0 Å². The molecular weight excluding hydrogens is 200 g/mol. The van der Waals surface area contributed by atoms with Gasteiger partial charge in [-0.3, -0.25) is 0 Å². The van der Waals surface area contributed by atoms with E-state index in [2.05, 4.69) is 22.5 Å². The van der Waals surface area contributed by atoms with Crippen LogP contribution in [0.4, 0.5) is 0 Å². The normalized spacial score (nSPS) is 19.9. The Kier molecular flexibility index (Phi) is 3.01. The largest absolute Gasteiger partial charge is 0.490 e. The molecule has 0 fully saturated rings. The third-order valence-electron chi connectivity index (χ3n) is 2.00. The minimum atomic E-state index is 0.311. The van der Waals surface area contributed by atoms with Crippen molar-refractivity contribution >= 4 is 11.6 Å². The highest BCUT2D eigenvalue weighted by molar-refractivity contribution is 6.29. The van der Waals surface area contributed by atoms with E-state index in [1.807, 2.05) is 6.07 Å². The van der Waals surface area contributed by atoms with Crippen LogP contribution in [0, 0.1) is 0 Å². The van der Waals surface area contributed by atoms with Gasteiger partial charge in [0.15, 0.2) is 0 Å². The fourth-order valence-corrected chi connectivity index (χ4v) is 1.38. The SMILES string of the molecule is Clc1ccc(OC[C@@H]2C=CCN2)cn1. The predicted molar refractivity (Wildman–Crippen MR) is 55.7 cm³/mol. The van der Waals surface area contributed by atoms with E-state index < -0.39 is 0 Å². The summed E-state index contributed by atoms with van der Waals surface area (Å²) >= 11 is 5.65. The number of rotatable bonds is 3. The van der Waals surface area contributed by atoms with Crippen LogP contribution in [0.25, 0.3) is 0 Å². The number of halogens is 1. The van der Waals surface area contributed by atoms with Crippen LogP contribution in [0.1, 0.15) is 0 Å². The molecule has 14 heavy (non-hydrogen) atoms. The minimum Gasteiger partial charge on any atom is -0.490 e. The molecule has 74 valence electrons. The van der Waals surface area contributed by atoms with Crippen molar-refractivity contribution in [2.45, 2.75) is 6.04 Å². The lowest BCUT2D eigenvalue weighted by Gasteiger charge is -2.10. The van der Waals surface area contributed by atoms with Crippen LogP contribution in [0.5, 0.6) is 5.75 Å². The van der Waals surface area contributed by atoms with Gasteiger partial charge in [-0.1, -0.05) is 23.8 Å². The third-order valence-corrected chi connectivity index (χ3v) is 2.22. The van der Waals surface area contributed by atoms with E-state index in [-0.39, 0.29) is 0 Å². The van der Waals surface area contributed by atoms with Crippen LogP contribution >= 0.6 is 11.6 Å². The van der Waals surface area contributed by atoms with Crippen LogP contribution in [-0.4, -0.2) is 24.2 Å². The number of pyridine rings is 1. The zero-order valence-electron chi connectivity index (χ0n) is 7.61. The fraction of sp³-hybridized carbons (Fsp3) is 0.300. The van der Waals surface area contributed by atoms with Gasteiger partial charge in [0.1, 0.15) is 17.5 Å². The molecule has 0 bridgehead atoms. The standard InChI is InChI=1S/C10H11ClN2O/c11-10-4-3-9(6-13-10)14-7-8-2-1-5-12-8/h1-4,6,8,12H,5,7H2/t8-/m0/s1. The third kappa shape index (κ3) is 2.47. The lowest BCUT2D eigenvalue weighted by molar-refractivity contribution is 0.292. The highest BCUT2D eigenvalue weighted by Gasteiger charge is 2.08. The van der Waals surface area contributed by atoms with Crippen LogP contribution in [0.3, 0.4) is 0 Å². The monoisotopic (exact) mass is 210 g/mol. The molecule has 0 aliphatic carbocycles. The van der Waals surface area contributed by atoms with Crippen molar-refractivity contribution in [3.63, 3.8) is 0 Å². The summed E-state index contributed by atoms with van der Waals surface area (Å²) in [7, 11) is 0. The van der Waals surface area contributed by atoms with Crippen molar-refractivity contribution in [3.8, 4) is 5.75 Å². The maximum atomic E-state index is 5.65. The Hall–Kier alpha value is -1.06. The molecule has 0 spiro atoms. The molecule has 4 heteroatoms. The van der Waals surface area contributed by atoms with Gasteiger partial charge in [0, 0.05) is 6.54 Å². The minimum absolute atomic E-state index is 0.311. The number of aromatic nitrogens is 1. The van der Waals surface area contributed by atoms with Crippen molar-refractivity contribution in [1.82, 2.24) is 10.3 Å². The second-order valence-electron chi connectivity index (χ2n) is 3.07. The Bertz CT molecular complexity index is 323. The van der Waals surface area contributed by atoms with E-state index >= 15 is 0 Å². The molecule has 0 aromatic carbocycles. The summed E-state index contributed by atoms with van der Waals surface area (Å²) in [5.74, 6) is 0.747. The maximum Gasteiger partial charge on any atom is 0.137 e. The quantitative estimate of drug-likeness (QED) is 0.609. The molecule has 1 aliphatic heterocycles. The van der Waals surface area contributed by atoms with E-state index in [0.29, 0.717) is 17.8 Å². The van der Waals surface area contributed by atoms with E-state index in [9.17, 15) is 0 Å². The molecule has 1 aromatic rings. The maximum absolute atomic E-state index is 5.65. The number of hydrogen-bond acceptors (Lipinski definition) is 3. The van der Waals surface area contributed by atoms with E-state index in [0.717, 1.165) is 12.3 Å². The highest BCUT2D eigenvalue weighted by atomic mass is 35.5. The Morgan fingerprint density at radius 2 is 2.50 bits per heavy atom. The van der Waals surface area contributed by atoms with Crippen molar-refractivity contribution in [1.29, 1.82) is 0 Å². The molecular formula is C10H11ClN2O. The zero-order chi connectivity index (χ0) is 9.80. The van der Waals surface area contributed by atoms with Crippen LogP contribution in [0.15, 0.2) is 30.5 Å². The summed E-state index contributed by atoms with van der Waals surface area (Å²) in [5, 5.41) is 3.74. The first-order valence-corrected chi connectivity index (χ1v) is 4.87. The Morgan fingerprint density at radius 3 is 3.14 bits per heavy atom. The molecule has 3 nitrogen and oxygen atoms in total. The smallest absolute Gasteiger partial charge is 0.137 e. The first kappa shape index (κ1) is 9.49. The average molecular weight is 211 g/mol. The molecule has 1 atom stereocenters. The Labute approximate surface area is 87.7 Å². The number of nitrogens with one attached hydrogen (secondary N) is 1. The molecule has 2 rings (SSSR count). The summed E-state index contributed by atoms with van der Waals surface area (Å²) in [5.41, 5.74) is 0. The van der Waals surface area contributed by atoms with Gasteiger partial charge < -0.3 is 10.1 Å². The molecule has 2 heterocycles. The van der Waals surface area contributed by atoms with Crippen LogP contribution in [0.2, 0.25) is 5.15 Å². The van der Waals surface area contributed by atoms with Gasteiger partial charge in [0.05, 0.1) is 12.2 Å².